The van der Waals surface area contributed by atoms with Crippen LogP contribution in [0.2, 0.25) is 0 Å². The second-order valence-corrected chi connectivity index (χ2v) is 5.06. The fourth-order valence-electron chi connectivity index (χ4n) is 1.43. The molecule has 0 bridgehead atoms. The molecule has 1 aromatic rings. The average molecular weight is 282 g/mol. The van der Waals surface area contributed by atoms with Crippen molar-refractivity contribution in [3.8, 4) is 0 Å². The molecule has 2 amide bonds. The fourth-order valence-corrected chi connectivity index (χ4v) is 2.23. The molecule has 0 aliphatic carbocycles. The molecule has 0 saturated heterocycles. The number of nitrogens with zero attached hydrogens (tertiary/aromatic N) is 1. The van der Waals surface area contributed by atoms with Gasteiger partial charge in [0, 0.05) is 31.1 Å². The van der Waals surface area contributed by atoms with Crippen molar-refractivity contribution in [2.45, 2.75) is 19.9 Å². The third-order valence-corrected chi connectivity index (χ3v) is 3.30. The Kier molecular flexibility index (Phi) is 6.08. The van der Waals surface area contributed by atoms with Gasteiger partial charge < -0.3 is 15.3 Å². The zero-order valence-electron chi connectivity index (χ0n) is 11.0. The number of hydrogen-bond acceptors (Lipinski definition) is 3. The summed E-state index contributed by atoms with van der Waals surface area (Å²) in [6.07, 6.45) is 3.56. The van der Waals surface area contributed by atoms with Crippen LogP contribution in [0.4, 0.5) is 4.79 Å². The van der Waals surface area contributed by atoms with E-state index in [1.165, 1.54) is 11.3 Å². The Balaban J connectivity index is 2.53. The lowest BCUT2D eigenvalue weighted by molar-refractivity contribution is -0.131. The van der Waals surface area contributed by atoms with E-state index in [-0.39, 0.29) is 6.03 Å². The number of rotatable bonds is 6. The second-order valence-electron chi connectivity index (χ2n) is 4.12. The lowest BCUT2D eigenvalue weighted by Gasteiger charge is -2.16. The minimum Gasteiger partial charge on any atom is -0.478 e. The van der Waals surface area contributed by atoms with E-state index in [1.807, 2.05) is 18.4 Å². The van der Waals surface area contributed by atoms with Crippen LogP contribution < -0.4 is 5.32 Å². The van der Waals surface area contributed by atoms with E-state index in [1.54, 1.807) is 18.0 Å². The summed E-state index contributed by atoms with van der Waals surface area (Å²) in [6.45, 7) is 3.17. The van der Waals surface area contributed by atoms with Crippen LogP contribution in [0.15, 0.2) is 17.5 Å². The van der Waals surface area contributed by atoms with Crippen molar-refractivity contribution in [3.05, 3.63) is 28.0 Å². The van der Waals surface area contributed by atoms with Crippen LogP contribution in [0, 0.1) is 0 Å². The Bertz CT molecular complexity index is 468. The zero-order valence-corrected chi connectivity index (χ0v) is 11.9. The Morgan fingerprint density at radius 2 is 2.26 bits per heavy atom. The van der Waals surface area contributed by atoms with Crippen molar-refractivity contribution in [2.75, 3.05) is 13.6 Å². The molecule has 0 unspecified atom stereocenters. The molecule has 0 spiro atoms. The van der Waals surface area contributed by atoms with E-state index in [0.29, 0.717) is 13.1 Å². The maximum Gasteiger partial charge on any atom is 0.328 e. The molecule has 0 aromatic carbocycles. The molecule has 0 fully saturated rings. The van der Waals surface area contributed by atoms with Crippen LogP contribution in [-0.4, -0.2) is 35.6 Å². The Morgan fingerprint density at radius 1 is 1.53 bits per heavy atom. The molecule has 1 aromatic heterocycles. The van der Waals surface area contributed by atoms with Crippen molar-refractivity contribution in [3.63, 3.8) is 0 Å². The number of aliphatic carboxylic acids is 1. The normalized spacial score (nSPS) is 10.6. The SMILES string of the molecule is CCCNC(=O)N(C)Cc1csc(/C=C/C(=O)O)c1. The molecule has 19 heavy (non-hydrogen) atoms. The summed E-state index contributed by atoms with van der Waals surface area (Å²) in [5, 5.41) is 13.3. The molecule has 104 valence electrons. The van der Waals surface area contributed by atoms with Crippen molar-refractivity contribution in [1.82, 2.24) is 10.2 Å². The Hall–Kier alpha value is -1.82. The van der Waals surface area contributed by atoms with E-state index >= 15 is 0 Å². The topological polar surface area (TPSA) is 69.6 Å². The second kappa shape index (κ2) is 7.58. The van der Waals surface area contributed by atoms with Gasteiger partial charge in [0.2, 0.25) is 0 Å². The molecule has 5 nitrogen and oxygen atoms in total. The number of thiophene rings is 1. The molecule has 0 atom stereocenters. The van der Waals surface area contributed by atoms with E-state index in [9.17, 15) is 9.59 Å². The fraction of sp³-hybridized carbons (Fsp3) is 0.385. The minimum absolute atomic E-state index is 0.101. The third-order valence-electron chi connectivity index (χ3n) is 2.36. The van der Waals surface area contributed by atoms with Crippen LogP contribution in [0.5, 0.6) is 0 Å². The smallest absolute Gasteiger partial charge is 0.328 e. The van der Waals surface area contributed by atoms with E-state index < -0.39 is 5.97 Å². The predicted octanol–water partition coefficient (Wildman–Crippen LogP) is 2.40. The minimum atomic E-state index is -0.967. The molecule has 6 heteroatoms. The Labute approximate surface area is 116 Å². The monoisotopic (exact) mass is 282 g/mol. The summed E-state index contributed by atoms with van der Waals surface area (Å²) in [4.78, 5) is 24.5. The quantitative estimate of drug-likeness (QED) is 0.787. The van der Waals surface area contributed by atoms with Crippen LogP contribution in [-0.2, 0) is 11.3 Å². The molecule has 2 N–H and O–H groups in total. The van der Waals surface area contributed by atoms with Crippen LogP contribution in [0.1, 0.15) is 23.8 Å². The van der Waals surface area contributed by atoms with Gasteiger partial charge in [0.1, 0.15) is 0 Å². The molecule has 0 saturated carbocycles. The number of urea groups is 1. The molecule has 1 heterocycles. The van der Waals surface area contributed by atoms with Gasteiger partial charge in [0.05, 0.1) is 0 Å². The van der Waals surface area contributed by atoms with Crippen LogP contribution >= 0.6 is 11.3 Å². The van der Waals surface area contributed by atoms with Crippen molar-refractivity contribution in [2.24, 2.45) is 0 Å². The Morgan fingerprint density at radius 3 is 2.89 bits per heavy atom. The lowest BCUT2D eigenvalue weighted by Crippen LogP contribution is -2.36. The van der Waals surface area contributed by atoms with Crippen LogP contribution in [0.25, 0.3) is 6.08 Å². The summed E-state index contributed by atoms with van der Waals surface area (Å²) in [5.74, 6) is -0.967. The third kappa shape index (κ3) is 5.56. The van der Waals surface area contributed by atoms with Gasteiger partial charge >= 0.3 is 12.0 Å². The van der Waals surface area contributed by atoms with Crippen molar-refractivity contribution >= 4 is 29.4 Å². The zero-order chi connectivity index (χ0) is 14.3. The number of hydrogen-bond donors (Lipinski definition) is 2. The summed E-state index contributed by atoms with van der Waals surface area (Å²) in [7, 11) is 1.73. The highest BCUT2D eigenvalue weighted by Gasteiger charge is 2.08. The van der Waals surface area contributed by atoms with Crippen molar-refractivity contribution < 1.29 is 14.7 Å². The summed E-state index contributed by atoms with van der Waals surface area (Å²) < 4.78 is 0. The summed E-state index contributed by atoms with van der Waals surface area (Å²) >= 11 is 1.45. The predicted molar refractivity (Wildman–Crippen MR) is 76.1 cm³/mol. The first-order chi connectivity index (χ1) is 9.02. The number of nitrogens with one attached hydrogen (secondary N) is 1. The van der Waals surface area contributed by atoms with Gasteiger partial charge in [-0.15, -0.1) is 11.3 Å². The number of carbonyl (C=O) groups is 2. The number of carboxylic acid groups (broad SMARTS) is 1. The first kappa shape index (κ1) is 15.2. The van der Waals surface area contributed by atoms with Crippen molar-refractivity contribution in [1.29, 1.82) is 0 Å². The van der Waals surface area contributed by atoms with Gasteiger partial charge in [-0.05, 0) is 29.5 Å². The van der Waals surface area contributed by atoms with Gasteiger partial charge in [-0.2, -0.15) is 0 Å². The molecule has 0 aliphatic heterocycles. The van der Waals surface area contributed by atoms with Gasteiger partial charge in [-0.25, -0.2) is 9.59 Å². The lowest BCUT2D eigenvalue weighted by atomic mass is 10.3. The number of carboxylic acids is 1. The highest BCUT2D eigenvalue weighted by Crippen LogP contribution is 2.17. The average Bonchev–Trinajstić information content (AvgIpc) is 2.81. The molecular formula is C13H18N2O3S. The van der Waals surface area contributed by atoms with E-state index in [4.69, 9.17) is 5.11 Å². The van der Waals surface area contributed by atoms with E-state index in [2.05, 4.69) is 5.32 Å². The number of amides is 2. The molecular weight excluding hydrogens is 264 g/mol. The highest BCUT2D eigenvalue weighted by atomic mass is 32.1. The molecule has 1 rings (SSSR count). The van der Waals surface area contributed by atoms with Gasteiger partial charge in [0.25, 0.3) is 0 Å². The van der Waals surface area contributed by atoms with E-state index in [0.717, 1.165) is 22.9 Å². The standard InChI is InChI=1S/C13H18N2O3S/c1-3-6-14-13(18)15(2)8-10-7-11(19-9-10)4-5-12(16)17/h4-5,7,9H,3,6,8H2,1-2H3,(H,14,18)(H,16,17)/b5-4+. The molecule has 0 radical (unpaired) electrons. The summed E-state index contributed by atoms with van der Waals surface area (Å²) in [5.41, 5.74) is 0.990. The highest BCUT2D eigenvalue weighted by molar-refractivity contribution is 7.11. The first-order valence-corrected chi connectivity index (χ1v) is 6.88. The maximum absolute atomic E-state index is 11.7. The number of carbonyl (C=O) groups excluding carboxylic acids is 1. The largest absolute Gasteiger partial charge is 0.478 e. The molecule has 0 aliphatic rings. The van der Waals surface area contributed by atoms with Gasteiger partial charge in [-0.1, -0.05) is 6.92 Å². The van der Waals surface area contributed by atoms with Gasteiger partial charge in [0.15, 0.2) is 0 Å². The first-order valence-electron chi connectivity index (χ1n) is 6.00. The maximum atomic E-state index is 11.7. The summed E-state index contributed by atoms with van der Waals surface area (Å²) in [6, 6.07) is 1.78. The van der Waals surface area contributed by atoms with Gasteiger partial charge in [-0.3, -0.25) is 0 Å². The van der Waals surface area contributed by atoms with Crippen LogP contribution in [0.3, 0.4) is 0 Å².